The molecule has 0 unspecified atom stereocenters. The van der Waals surface area contributed by atoms with E-state index in [1.807, 2.05) is 5.01 Å². The van der Waals surface area contributed by atoms with Crippen molar-refractivity contribution in [2.75, 3.05) is 83.4 Å². The second kappa shape index (κ2) is 9.74. The van der Waals surface area contributed by atoms with Gasteiger partial charge >= 0.3 is 5.69 Å². The van der Waals surface area contributed by atoms with E-state index in [1.165, 1.54) is 6.33 Å². The number of hydrogen-bond acceptors (Lipinski definition) is 10. The summed E-state index contributed by atoms with van der Waals surface area (Å²) in [5.74, 6) is 0.490. The fourth-order valence-electron chi connectivity index (χ4n) is 3.17. The zero-order chi connectivity index (χ0) is 19.1. The molecule has 2 N–H and O–H groups in total. The van der Waals surface area contributed by atoms with E-state index in [1.54, 1.807) is 0 Å². The van der Waals surface area contributed by atoms with E-state index in [4.69, 9.17) is 4.74 Å². The van der Waals surface area contributed by atoms with Gasteiger partial charge in [0.2, 0.25) is 11.6 Å². The van der Waals surface area contributed by atoms with Gasteiger partial charge in [-0.25, -0.2) is 15.0 Å². The van der Waals surface area contributed by atoms with Crippen LogP contribution >= 0.6 is 0 Å². The van der Waals surface area contributed by atoms with Crippen LogP contribution in [-0.2, 0) is 4.74 Å². The Kier molecular flexibility index (Phi) is 7.10. The Balaban J connectivity index is 1.56. The Labute approximate surface area is 158 Å². The van der Waals surface area contributed by atoms with Crippen molar-refractivity contribution >= 4 is 17.3 Å². The van der Waals surface area contributed by atoms with Gasteiger partial charge in [-0.2, -0.15) is 0 Å². The van der Waals surface area contributed by atoms with Gasteiger partial charge in [0.05, 0.1) is 18.1 Å². The largest absolute Gasteiger partial charge is 0.379 e. The molecule has 0 spiro atoms. The first-order chi connectivity index (χ1) is 13.1. The predicted octanol–water partition coefficient (Wildman–Crippen LogP) is 0.0933. The van der Waals surface area contributed by atoms with Crippen LogP contribution in [0.2, 0.25) is 0 Å². The summed E-state index contributed by atoms with van der Waals surface area (Å²) in [7, 11) is 2.06. The third-order valence-electron chi connectivity index (χ3n) is 4.82. The first-order valence-corrected chi connectivity index (χ1v) is 9.37. The lowest BCUT2D eigenvalue weighted by atomic mass is 10.3. The molecule has 0 radical (unpaired) electrons. The molecule has 150 valence electrons. The van der Waals surface area contributed by atoms with E-state index in [9.17, 15) is 10.1 Å². The number of hydrazine groups is 1. The van der Waals surface area contributed by atoms with Crippen molar-refractivity contribution in [1.82, 2.24) is 24.8 Å². The SMILES string of the molecule is CN1CCN(Nc2ncnc(NCCCN3CCOCC3)c2[N+](=O)[O-])CC1. The molecule has 0 aromatic carbocycles. The molecule has 2 fully saturated rings. The first kappa shape index (κ1) is 19.7. The van der Waals surface area contributed by atoms with Crippen molar-refractivity contribution in [3.05, 3.63) is 16.4 Å². The Morgan fingerprint density at radius 2 is 1.85 bits per heavy atom. The van der Waals surface area contributed by atoms with E-state index >= 15 is 0 Å². The van der Waals surface area contributed by atoms with E-state index in [2.05, 4.69) is 37.6 Å². The number of ether oxygens (including phenoxy) is 1. The van der Waals surface area contributed by atoms with Crippen molar-refractivity contribution in [1.29, 1.82) is 0 Å². The predicted molar refractivity (Wildman–Crippen MR) is 102 cm³/mol. The van der Waals surface area contributed by atoms with Crippen LogP contribution in [0.3, 0.4) is 0 Å². The van der Waals surface area contributed by atoms with E-state index in [-0.39, 0.29) is 17.3 Å². The monoisotopic (exact) mass is 380 g/mol. The van der Waals surface area contributed by atoms with Gasteiger partial charge in [-0.15, -0.1) is 0 Å². The molecule has 0 amide bonds. The van der Waals surface area contributed by atoms with Gasteiger partial charge in [-0.05, 0) is 20.0 Å². The zero-order valence-corrected chi connectivity index (χ0v) is 15.8. The van der Waals surface area contributed by atoms with Crippen molar-refractivity contribution < 1.29 is 9.66 Å². The van der Waals surface area contributed by atoms with Gasteiger partial charge < -0.3 is 15.0 Å². The molecule has 2 saturated heterocycles. The van der Waals surface area contributed by atoms with Crippen molar-refractivity contribution in [3.63, 3.8) is 0 Å². The van der Waals surface area contributed by atoms with Crippen LogP contribution in [0.15, 0.2) is 6.33 Å². The normalized spacial score (nSPS) is 19.7. The van der Waals surface area contributed by atoms with Crippen molar-refractivity contribution in [2.45, 2.75) is 6.42 Å². The van der Waals surface area contributed by atoms with Gasteiger partial charge in [0.1, 0.15) is 6.33 Å². The molecule has 11 nitrogen and oxygen atoms in total. The summed E-state index contributed by atoms with van der Waals surface area (Å²) >= 11 is 0. The maximum Gasteiger partial charge on any atom is 0.354 e. The van der Waals surface area contributed by atoms with Crippen LogP contribution in [0.1, 0.15) is 6.42 Å². The lowest BCUT2D eigenvalue weighted by Crippen LogP contribution is -2.47. The van der Waals surface area contributed by atoms with Crippen LogP contribution in [-0.4, -0.2) is 102 Å². The molecule has 1 aromatic heterocycles. The second-order valence-electron chi connectivity index (χ2n) is 6.81. The number of nitrogens with zero attached hydrogens (tertiary/aromatic N) is 6. The maximum atomic E-state index is 11.6. The highest BCUT2D eigenvalue weighted by molar-refractivity contribution is 5.68. The molecular weight excluding hydrogens is 352 g/mol. The average Bonchev–Trinajstić information content (AvgIpc) is 2.68. The number of hydrogen-bond donors (Lipinski definition) is 2. The lowest BCUT2D eigenvalue weighted by Gasteiger charge is -2.32. The van der Waals surface area contributed by atoms with Gasteiger partial charge in [-0.1, -0.05) is 0 Å². The summed E-state index contributed by atoms with van der Waals surface area (Å²) < 4.78 is 5.34. The zero-order valence-electron chi connectivity index (χ0n) is 15.8. The van der Waals surface area contributed by atoms with Gasteiger partial charge in [0.15, 0.2) is 0 Å². The summed E-state index contributed by atoms with van der Waals surface area (Å²) in [6.07, 6.45) is 2.23. The molecule has 0 saturated carbocycles. The first-order valence-electron chi connectivity index (χ1n) is 9.37. The van der Waals surface area contributed by atoms with Crippen molar-refractivity contribution in [3.8, 4) is 0 Å². The summed E-state index contributed by atoms with van der Waals surface area (Å²) in [5.41, 5.74) is 2.98. The Morgan fingerprint density at radius 3 is 2.56 bits per heavy atom. The molecular formula is C16H28N8O3. The molecule has 0 aliphatic carbocycles. The molecule has 11 heteroatoms. The van der Waals surface area contributed by atoms with Crippen LogP contribution in [0.25, 0.3) is 0 Å². The summed E-state index contributed by atoms with van der Waals surface area (Å²) in [4.78, 5) is 23.9. The fourth-order valence-corrected chi connectivity index (χ4v) is 3.17. The van der Waals surface area contributed by atoms with E-state index in [0.717, 1.165) is 65.4 Å². The minimum atomic E-state index is -0.428. The standard InChI is InChI=1S/C16H28N8O3/c1-21-5-7-23(8-6-21)20-16-14(24(25)26)15(18-13-19-16)17-3-2-4-22-9-11-27-12-10-22/h13H,2-12H2,1H3,(H2,17,18,19,20). The van der Waals surface area contributed by atoms with Gasteiger partial charge in [-0.3, -0.25) is 20.4 Å². The quantitative estimate of drug-likeness (QED) is 0.366. The Morgan fingerprint density at radius 1 is 1.15 bits per heavy atom. The molecule has 0 atom stereocenters. The van der Waals surface area contributed by atoms with E-state index in [0.29, 0.717) is 6.54 Å². The highest BCUT2D eigenvalue weighted by Crippen LogP contribution is 2.29. The molecule has 3 heterocycles. The van der Waals surface area contributed by atoms with Gasteiger partial charge in [0.25, 0.3) is 0 Å². The number of morpholine rings is 1. The van der Waals surface area contributed by atoms with Crippen molar-refractivity contribution in [2.24, 2.45) is 0 Å². The Hall–Kier alpha value is -2.08. The molecule has 2 aliphatic heterocycles. The summed E-state index contributed by atoms with van der Waals surface area (Å²) in [5, 5.41) is 16.7. The van der Waals surface area contributed by atoms with Crippen LogP contribution in [0.5, 0.6) is 0 Å². The third kappa shape index (κ3) is 5.70. The van der Waals surface area contributed by atoms with Crippen LogP contribution in [0.4, 0.5) is 17.3 Å². The molecule has 2 aliphatic rings. The number of nitro groups is 1. The molecule has 27 heavy (non-hydrogen) atoms. The number of nitrogens with one attached hydrogen (secondary N) is 2. The third-order valence-corrected chi connectivity index (χ3v) is 4.82. The van der Waals surface area contributed by atoms with Crippen LogP contribution in [0, 0.1) is 10.1 Å². The number of likely N-dealkylation sites (N-methyl/N-ethyl adjacent to an activating group) is 1. The molecule has 0 bridgehead atoms. The second-order valence-corrected chi connectivity index (χ2v) is 6.81. The average molecular weight is 380 g/mol. The van der Waals surface area contributed by atoms with Crippen LogP contribution < -0.4 is 10.7 Å². The topological polar surface area (TPSA) is 112 Å². The maximum absolute atomic E-state index is 11.6. The molecule has 1 aromatic rings. The van der Waals surface area contributed by atoms with E-state index < -0.39 is 4.92 Å². The highest BCUT2D eigenvalue weighted by Gasteiger charge is 2.25. The highest BCUT2D eigenvalue weighted by atomic mass is 16.6. The number of aromatic nitrogens is 2. The van der Waals surface area contributed by atoms with Gasteiger partial charge in [0, 0.05) is 45.8 Å². The summed E-state index contributed by atoms with van der Waals surface area (Å²) in [6.45, 7) is 8.32. The summed E-state index contributed by atoms with van der Waals surface area (Å²) in [6, 6.07) is 0. The molecule has 3 rings (SSSR count). The smallest absolute Gasteiger partial charge is 0.354 e. The number of rotatable bonds is 8. The fraction of sp³-hybridized carbons (Fsp3) is 0.750. The number of piperazine rings is 1. The lowest BCUT2D eigenvalue weighted by molar-refractivity contribution is -0.383. The number of anilines is 2. The minimum Gasteiger partial charge on any atom is -0.379 e. The minimum absolute atomic E-state index is 0.109. The Bertz CT molecular complexity index is 618.